The Kier molecular flexibility index (Phi) is 5.44. The molecule has 0 radical (unpaired) electrons. The van der Waals surface area contributed by atoms with Gasteiger partial charge in [-0.2, -0.15) is 5.26 Å². The van der Waals surface area contributed by atoms with E-state index in [4.69, 9.17) is 9.47 Å². The molecule has 0 N–H and O–H groups in total. The molecule has 0 saturated carbocycles. The van der Waals surface area contributed by atoms with Gasteiger partial charge in [-0.25, -0.2) is 0 Å². The van der Waals surface area contributed by atoms with Crippen molar-refractivity contribution >= 4 is 0 Å². The van der Waals surface area contributed by atoms with Crippen LogP contribution in [0.5, 0.6) is 0 Å². The lowest BCUT2D eigenvalue weighted by molar-refractivity contribution is -0.106. The largest absolute Gasteiger partial charge is 0.352 e. The minimum atomic E-state index is -0.377. The Morgan fingerprint density at radius 2 is 1.76 bits per heavy atom. The van der Waals surface area contributed by atoms with Gasteiger partial charge < -0.3 is 9.47 Å². The minimum absolute atomic E-state index is 0.188. The van der Waals surface area contributed by atoms with Crippen molar-refractivity contribution in [1.29, 1.82) is 5.26 Å². The van der Waals surface area contributed by atoms with E-state index < -0.39 is 0 Å². The number of ether oxygens (including phenoxy) is 2. The maximum Gasteiger partial charge on any atom is 0.183 e. The normalized spacial score (nSPS) is 12.1. The van der Waals surface area contributed by atoms with E-state index in [1.54, 1.807) is 26.6 Å². The van der Waals surface area contributed by atoms with E-state index in [0.717, 1.165) is 16.7 Å². The number of rotatable bonds is 6. The van der Waals surface area contributed by atoms with Crippen molar-refractivity contribution in [3.05, 3.63) is 65.5 Å². The Morgan fingerprint density at radius 3 is 2.29 bits per heavy atom. The third kappa shape index (κ3) is 3.88. The third-order valence-electron chi connectivity index (χ3n) is 3.36. The second kappa shape index (κ2) is 7.53. The lowest BCUT2D eigenvalue weighted by Gasteiger charge is -2.15. The van der Waals surface area contributed by atoms with Crippen LogP contribution >= 0.6 is 0 Å². The van der Waals surface area contributed by atoms with Crippen molar-refractivity contribution in [3.8, 4) is 6.07 Å². The van der Waals surface area contributed by atoms with Crippen LogP contribution in [0.2, 0.25) is 0 Å². The number of hydrogen-bond acceptors (Lipinski definition) is 4. The summed E-state index contributed by atoms with van der Waals surface area (Å²) in [7, 11) is 3.20. The molecule has 0 saturated heterocycles. The van der Waals surface area contributed by atoms with Crippen molar-refractivity contribution < 1.29 is 9.47 Å². The van der Waals surface area contributed by atoms with E-state index >= 15 is 0 Å². The van der Waals surface area contributed by atoms with Gasteiger partial charge in [-0.05, 0) is 23.6 Å². The van der Waals surface area contributed by atoms with Gasteiger partial charge in [0.2, 0.25) is 0 Å². The fraction of sp³-hybridized carbons (Fsp3) is 0.294. The number of aromatic nitrogens is 1. The fourth-order valence-electron chi connectivity index (χ4n) is 2.25. The second-order valence-corrected chi connectivity index (χ2v) is 4.72. The summed E-state index contributed by atoms with van der Waals surface area (Å²) in [5.41, 5.74) is 2.97. The molecule has 1 aromatic heterocycles. The molecule has 0 bridgehead atoms. The maximum absolute atomic E-state index is 9.39. The fourth-order valence-corrected chi connectivity index (χ4v) is 2.25. The summed E-state index contributed by atoms with van der Waals surface area (Å²) in [6, 6.07) is 14.0. The smallest absolute Gasteiger partial charge is 0.183 e. The summed E-state index contributed by atoms with van der Waals surface area (Å²) in [5.74, 6) is -0.188. The molecule has 1 unspecified atom stereocenters. The molecule has 21 heavy (non-hydrogen) atoms. The van der Waals surface area contributed by atoms with Crippen LogP contribution in [0.1, 0.15) is 28.9 Å². The van der Waals surface area contributed by atoms with Gasteiger partial charge in [-0.1, -0.05) is 30.3 Å². The molecule has 108 valence electrons. The van der Waals surface area contributed by atoms with Gasteiger partial charge in [-0.3, -0.25) is 4.98 Å². The molecule has 4 nitrogen and oxygen atoms in total. The Labute approximate surface area is 125 Å². The highest BCUT2D eigenvalue weighted by Crippen LogP contribution is 2.23. The first kappa shape index (κ1) is 15.2. The Hall–Kier alpha value is -2.22. The molecular weight excluding hydrogens is 264 g/mol. The van der Waals surface area contributed by atoms with Crippen LogP contribution in [0.4, 0.5) is 0 Å². The van der Waals surface area contributed by atoms with Crippen LogP contribution in [0.3, 0.4) is 0 Å². The third-order valence-corrected chi connectivity index (χ3v) is 3.36. The number of pyridine rings is 1. The van der Waals surface area contributed by atoms with Gasteiger partial charge in [0, 0.05) is 32.2 Å². The van der Waals surface area contributed by atoms with Crippen molar-refractivity contribution in [2.75, 3.05) is 14.2 Å². The van der Waals surface area contributed by atoms with Gasteiger partial charge in [0.25, 0.3) is 0 Å². The van der Waals surface area contributed by atoms with E-state index in [1.165, 1.54) is 0 Å². The van der Waals surface area contributed by atoms with Crippen LogP contribution < -0.4 is 0 Å². The zero-order chi connectivity index (χ0) is 15.1. The van der Waals surface area contributed by atoms with Crippen LogP contribution in [0, 0.1) is 11.3 Å². The van der Waals surface area contributed by atoms with Gasteiger partial charge >= 0.3 is 0 Å². The monoisotopic (exact) mass is 282 g/mol. The summed E-state index contributed by atoms with van der Waals surface area (Å²) >= 11 is 0. The van der Waals surface area contributed by atoms with E-state index in [1.807, 2.05) is 36.4 Å². The average molecular weight is 282 g/mol. The predicted molar refractivity (Wildman–Crippen MR) is 79.5 cm³/mol. The van der Waals surface area contributed by atoms with Crippen LogP contribution in [-0.4, -0.2) is 19.2 Å². The lowest BCUT2D eigenvalue weighted by atomic mass is 9.93. The molecule has 1 atom stereocenters. The Balaban J connectivity index is 2.14. The van der Waals surface area contributed by atoms with Gasteiger partial charge in [0.1, 0.15) is 0 Å². The maximum atomic E-state index is 9.39. The number of benzene rings is 1. The molecule has 0 aliphatic carbocycles. The summed E-state index contributed by atoms with van der Waals surface area (Å²) in [6.45, 7) is 0. The molecule has 0 aliphatic heterocycles. The summed E-state index contributed by atoms with van der Waals surface area (Å²) in [5, 5.41) is 9.39. The predicted octanol–water partition coefficient (Wildman–Crippen LogP) is 3.22. The highest BCUT2D eigenvalue weighted by Gasteiger charge is 2.14. The molecule has 0 fully saturated rings. The Morgan fingerprint density at radius 1 is 1.10 bits per heavy atom. The molecule has 1 heterocycles. The topological polar surface area (TPSA) is 55.1 Å². The summed E-state index contributed by atoms with van der Waals surface area (Å²) in [6.07, 6.45) is 3.81. The molecule has 1 aromatic carbocycles. The van der Waals surface area contributed by atoms with Crippen molar-refractivity contribution in [2.24, 2.45) is 0 Å². The molecule has 0 amide bonds. The van der Waals surface area contributed by atoms with Crippen LogP contribution in [0.15, 0.2) is 48.8 Å². The quantitative estimate of drug-likeness (QED) is 0.763. The zero-order valence-electron chi connectivity index (χ0n) is 12.2. The van der Waals surface area contributed by atoms with Crippen molar-refractivity contribution in [2.45, 2.75) is 18.6 Å². The SMILES string of the molecule is COC(OC)c1ccc(C(C#N)Cc2cccnc2)cc1. The lowest BCUT2D eigenvalue weighted by Crippen LogP contribution is -2.05. The molecule has 2 rings (SSSR count). The van der Waals surface area contributed by atoms with E-state index in [0.29, 0.717) is 6.42 Å². The molecule has 0 spiro atoms. The van der Waals surface area contributed by atoms with Gasteiger partial charge in [0.05, 0.1) is 12.0 Å². The Bertz CT molecular complexity index is 586. The van der Waals surface area contributed by atoms with E-state index in [-0.39, 0.29) is 12.2 Å². The number of methoxy groups -OCH3 is 2. The molecular formula is C17H18N2O2. The van der Waals surface area contributed by atoms with E-state index in [2.05, 4.69) is 11.1 Å². The minimum Gasteiger partial charge on any atom is -0.352 e. The molecule has 4 heteroatoms. The average Bonchev–Trinajstić information content (AvgIpc) is 2.55. The highest BCUT2D eigenvalue weighted by atomic mass is 16.7. The highest BCUT2D eigenvalue weighted by molar-refractivity contribution is 5.31. The van der Waals surface area contributed by atoms with Crippen LogP contribution in [0.25, 0.3) is 0 Å². The van der Waals surface area contributed by atoms with Crippen molar-refractivity contribution in [1.82, 2.24) is 4.98 Å². The van der Waals surface area contributed by atoms with Gasteiger partial charge in [-0.15, -0.1) is 0 Å². The number of nitriles is 1. The summed E-state index contributed by atoms with van der Waals surface area (Å²) in [4.78, 5) is 4.08. The first-order chi connectivity index (χ1) is 10.3. The molecule has 0 aliphatic rings. The van der Waals surface area contributed by atoms with Crippen molar-refractivity contribution in [3.63, 3.8) is 0 Å². The van der Waals surface area contributed by atoms with Crippen LogP contribution in [-0.2, 0) is 15.9 Å². The number of hydrogen-bond donors (Lipinski definition) is 0. The first-order valence-corrected chi connectivity index (χ1v) is 6.72. The first-order valence-electron chi connectivity index (χ1n) is 6.72. The summed E-state index contributed by atoms with van der Waals surface area (Å²) < 4.78 is 10.4. The second-order valence-electron chi connectivity index (χ2n) is 4.72. The number of nitrogens with zero attached hydrogens (tertiary/aromatic N) is 2. The standard InChI is InChI=1S/C17H18N2O2/c1-20-17(21-2)15-7-5-14(6-8-15)16(11-18)10-13-4-3-9-19-12-13/h3-9,12,16-17H,10H2,1-2H3. The van der Waals surface area contributed by atoms with E-state index in [9.17, 15) is 5.26 Å². The zero-order valence-corrected chi connectivity index (χ0v) is 12.2. The van der Waals surface area contributed by atoms with Gasteiger partial charge in [0.15, 0.2) is 6.29 Å². The molecule has 2 aromatic rings.